The number of hydrogen-bond donors (Lipinski definition) is 3. The predicted molar refractivity (Wildman–Crippen MR) is 93.0 cm³/mol. The number of carbonyl (C=O) groups excluding carboxylic acids is 1. The van der Waals surface area contributed by atoms with Crippen LogP contribution in [0.15, 0.2) is 30.3 Å². The first-order valence-corrected chi connectivity index (χ1v) is 8.51. The van der Waals surface area contributed by atoms with Crippen molar-refractivity contribution in [2.45, 2.75) is 51.5 Å². The van der Waals surface area contributed by atoms with E-state index < -0.39 is 0 Å². The normalized spacial score (nSPS) is 15.1. The zero-order valence-corrected chi connectivity index (χ0v) is 13.8. The summed E-state index contributed by atoms with van der Waals surface area (Å²) < 4.78 is 0. The van der Waals surface area contributed by atoms with Crippen LogP contribution in [0.2, 0.25) is 0 Å². The number of nitrogens with one attached hydrogen (secondary N) is 3. The minimum Gasteiger partial charge on any atom is -0.357 e. The molecule has 1 aliphatic carbocycles. The van der Waals surface area contributed by atoms with Gasteiger partial charge in [0.25, 0.3) is 0 Å². The summed E-state index contributed by atoms with van der Waals surface area (Å²) in [7, 11) is 0. The Bertz CT molecular complexity index is 472. The molecule has 3 N–H and O–H groups in total. The molecular formula is C17H25N3OS. The van der Waals surface area contributed by atoms with Crippen molar-refractivity contribution in [3.05, 3.63) is 35.9 Å². The van der Waals surface area contributed by atoms with Gasteiger partial charge in [-0.05, 0) is 30.1 Å². The van der Waals surface area contributed by atoms with Crippen LogP contribution in [-0.2, 0) is 11.3 Å². The largest absolute Gasteiger partial charge is 0.357 e. The third kappa shape index (κ3) is 6.43. The molecule has 22 heavy (non-hydrogen) atoms. The molecule has 1 aliphatic rings. The fraction of sp³-hybridized carbons (Fsp3) is 0.529. The molecule has 0 spiro atoms. The molecule has 1 amide bonds. The minimum absolute atomic E-state index is 0.00874. The lowest BCUT2D eigenvalue weighted by molar-refractivity contribution is -0.122. The summed E-state index contributed by atoms with van der Waals surface area (Å²) in [5, 5.41) is 3.51. The summed E-state index contributed by atoms with van der Waals surface area (Å²) in [4.78, 5) is 11.8. The van der Waals surface area contributed by atoms with Crippen molar-refractivity contribution >= 4 is 23.2 Å². The first-order chi connectivity index (χ1) is 10.7. The highest BCUT2D eigenvalue weighted by atomic mass is 32.1. The first kappa shape index (κ1) is 16.7. The van der Waals surface area contributed by atoms with Crippen molar-refractivity contribution in [3.8, 4) is 0 Å². The molecule has 120 valence electrons. The highest BCUT2D eigenvalue weighted by Crippen LogP contribution is 2.26. The standard InChI is InChI=1S/C17H25N3OS/c21-16(12-11-14-7-3-1-4-8-14)19-20-17(22)18-13-15-9-5-2-6-10-15/h2,5-6,9-10,14H,1,3-4,7-8,11-13H2,(H,19,21)(H2,18,20,22). The molecule has 2 rings (SSSR count). The Morgan fingerprint density at radius 3 is 2.55 bits per heavy atom. The van der Waals surface area contributed by atoms with Gasteiger partial charge in [-0.2, -0.15) is 0 Å². The van der Waals surface area contributed by atoms with E-state index in [-0.39, 0.29) is 5.91 Å². The second-order valence-electron chi connectivity index (χ2n) is 5.88. The maximum absolute atomic E-state index is 11.8. The fourth-order valence-electron chi connectivity index (χ4n) is 2.82. The van der Waals surface area contributed by atoms with Gasteiger partial charge >= 0.3 is 0 Å². The van der Waals surface area contributed by atoms with E-state index in [9.17, 15) is 4.79 Å². The van der Waals surface area contributed by atoms with Gasteiger partial charge < -0.3 is 5.32 Å². The topological polar surface area (TPSA) is 53.2 Å². The number of thiocarbonyl (C=S) groups is 1. The second kappa shape index (κ2) is 9.41. The molecule has 1 aromatic rings. The van der Waals surface area contributed by atoms with Crippen LogP contribution < -0.4 is 16.2 Å². The van der Waals surface area contributed by atoms with Crippen molar-refractivity contribution in [2.24, 2.45) is 5.92 Å². The van der Waals surface area contributed by atoms with Crippen molar-refractivity contribution in [1.82, 2.24) is 16.2 Å². The lowest BCUT2D eigenvalue weighted by Gasteiger charge is -2.21. The maximum Gasteiger partial charge on any atom is 0.238 e. The zero-order valence-electron chi connectivity index (χ0n) is 12.9. The predicted octanol–water partition coefficient (Wildman–Crippen LogP) is 3.04. The molecule has 0 radical (unpaired) electrons. The van der Waals surface area contributed by atoms with Crippen LogP contribution in [-0.4, -0.2) is 11.0 Å². The Morgan fingerprint density at radius 1 is 1.09 bits per heavy atom. The van der Waals surface area contributed by atoms with Gasteiger partial charge in [-0.25, -0.2) is 0 Å². The van der Waals surface area contributed by atoms with E-state index in [0.717, 1.165) is 17.9 Å². The monoisotopic (exact) mass is 319 g/mol. The van der Waals surface area contributed by atoms with Gasteiger partial charge in [-0.15, -0.1) is 0 Å². The SMILES string of the molecule is O=C(CCC1CCCCC1)NNC(=S)NCc1ccccc1. The van der Waals surface area contributed by atoms with E-state index in [1.54, 1.807) is 0 Å². The molecule has 1 fully saturated rings. The van der Waals surface area contributed by atoms with Crippen LogP contribution in [0.4, 0.5) is 0 Å². The van der Waals surface area contributed by atoms with Gasteiger partial charge in [0.05, 0.1) is 0 Å². The number of hydrazine groups is 1. The quantitative estimate of drug-likeness (QED) is 0.577. The number of rotatable bonds is 5. The molecule has 0 saturated heterocycles. The minimum atomic E-state index is 0.00874. The average molecular weight is 319 g/mol. The van der Waals surface area contributed by atoms with Crippen LogP contribution in [0.5, 0.6) is 0 Å². The van der Waals surface area contributed by atoms with Crippen LogP contribution in [0.1, 0.15) is 50.5 Å². The third-order valence-electron chi connectivity index (χ3n) is 4.12. The van der Waals surface area contributed by atoms with E-state index in [2.05, 4.69) is 16.2 Å². The van der Waals surface area contributed by atoms with E-state index in [1.165, 1.54) is 32.1 Å². The van der Waals surface area contributed by atoms with Crippen LogP contribution in [0, 0.1) is 5.92 Å². The summed E-state index contributed by atoms with van der Waals surface area (Å²) >= 11 is 5.14. The Hall–Kier alpha value is -1.62. The van der Waals surface area contributed by atoms with Gasteiger partial charge in [0.1, 0.15) is 0 Å². The first-order valence-electron chi connectivity index (χ1n) is 8.10. The van der Waals surface area contributed by atoms with Gasteiger partial charge in [0.15, 0.2) is 5.11 Å². The lowest BCUT2D eigenvalue weighted by Crippen LogP contribution is -2.46. The van der Waals surface area contributed by atoms with E-state index in [0.29, 0.717) is 18.1 Å². The fourth-order valence-corrected chi connectivity index (χ4v) is 2.95. The van der Waals surface area contributed by atoms with Crippen LogP contribution in [0.25, 0.3) is 0 Å². The number of amides is 1. The highest BCUT2D eigenvalue weighted by Gasteiger charge is 2.14. The van der Waals surface area contributed by atoms with E-state index in [1.807, 2.05) is 30.3 Å². The highest BCUT2D eigenvalue weighted by molar-refractivity contribution is 7.80. The smallest absolute Gasteiger partial charge is 0.238 e. The zero-order chi connectivity index (χ0) is 15.6. The summed E-state index contributed by atoms with van der Waals surface area (Å²) in [6, 6.07) is 10.0. The molecule has 0 bridgehead atoms. The Morgan fingerprint density at radius 2 is 1.82 bits per heavy atom. The third-order valence-corrected chi connectivity index (χ3v) is 4.36. The van der Waals surface area contributed by atoms with Gasteiger partial charge in [0.2, 0.25) is 5.91 Å². The van der Waals surface area contributed by atoms with Crippen molar-refractivity contribution in [3.63, 3.8) is 0 Å². The molecule has 0 heterocycles. The Labute approximate surface area is 138 Å². The number of hydrogen-bond acceptors (Lipinski definition) is 2. The molecule has 0 aromatic heterocycles. The second-order valence-corrected chi connectivity index (χ2v) is 6.29. The molecule has 0 atom stereocenters. The van der Waals surface area contributed by atoms with Crippen LogP contribution in [0.3, 0.4) is 0 Å². The molecule has 1 saturated carbocycles. The van der Waals surface area contributed by atoms with Gasteiger partial charge in [0, 0.05) is 13.0 Å². The molecule has 1 aromatic carbocycles. The Kier molecular flexibility index (Phi) is 7.16. The molecule has 0 unspecified atom stereocenters. The van der Waals surface area contributed by atoms with Crippen molar-refractivity contribution < 1.29 is 4.79 Å². The van der Waals surface area contributed by atoms with Crippen molar-refractivity contribution in [2.75, 3.05) is 0 Å². The molecule has 4 nitrogen and oxygen atoms in total. The summed E-state index contributed by atoms with van der Waals surface area (Å²) in [6.07, 6.45) is 8.09. The molecule has 5 heteroatoms. The maximum atomic E-state index is 11.8. The number of benzene rings is 1. The average Bonchev–Trinajstić information content (AvgIpc) is 2.58. The van der Waals surface area contributed by atoms with Crippen molar-refractivity contribution in [1.29, 1.82) is 0 Å². The summed E-state index contributed by atoms with van der Waals surface area (Å²) in [6.45, 7) is 0.643. The summed E-state index contributed by atoms with van der Waals surface area (Å²) in [5.41, 5.74) is 6.58. The van der Waals surface area contributed by atoms with Gasteiger partial charge in [-0.1, -0.05) is 62.4 Å². The summed E-state index contributed by atoms with van der Waals surface area (Å²) in [5.74, 6) is 0.733. The van der Waals surface area contributed by atoms with Gasteiger partial charge in [-0.3, -0.25) is 15.6 Å². The lowest BCUT2D eigenvalue weighted by atomic mass is 9.86. The Balaban J connectivity index is 1.56. The van der Waals surface area contributed by atoms with Crippen LogP contribution >= 0.6 is 12.2 Å². The molecule has 0 aliphatic heterocycles. The number of carbonyl (C=O) groups is 1. The van der Waals surface area contributed by atoms with E-state index in [4.69, 9.17) is 12.2 Å². The van der Waals surface area contributed by atoms with E-state index >= 15 is 0 Å². The molecular weight excluding hydrogens is 294 g/mol.